The van der Waals surface area contributed by atoms with E-state index in [1.165, 1.54) is 17.0 Å². The Kier molecular flexibility index (Phi) is 8.02. The van der Waals surface area contributed by atoms with Gasteiger partial charge in [-0.2, -0.15) is 0 Å². The van der Waals surface area contributed by atoms with Gasteiger partial charge < -0.3 is 15.0 Å². The number of carbonyl (C=O) groups excluding carboxylic acids is 2. The Balaban J connectivity index is 2.15. The Morgan fingerprint density at radius 3 is 2.38 bits per heavy atom. The quantitative estimate of drug-likeness (QED) is 0.699. The van der Waals surface area contributed by atoms with Crippen LogP contribution in [-0.2, 0) is 16.1 Å². The van der Waals surface area contributed by atoms with Crippen LogP contribution in [0.1, 0.15) is 31.9 Å². The second kappa shape index (κ2) is 10.3. The smallest absolute Gasteiger partial charge is 0.261 e. The summed E-state index contributed by atoms with van der Waals surface area (Å²) < 4.78 is 18.8. The van der Waals surface area contributed by atoms with Crippen molar-refractivity contribution in [2.45, 2.75) is 46.3 Å². The van der Waals surface area contributed by atoms with E-state index in [2.05, 4.69) is 5.32 Å². The van der Waals surface area contributed by atoms with Crippen LogP contribution in [0.2, 0.25) is 5.02 Å². The van der Waals surface area contributed by atoms with E-state index in [-0.39, 0.29) is 36.8 Å². The van der Waals surface area contributed by atoms with Crippen molar-refractivity contribution in [3.63, 3.8) is 0 Å². The molecular formula is C22H26ClFN2O3. The summed E-state index contributed by atoms with van der Waals surface area (Å²) in [7, 11) is 0. The third-order valence-electron chi connectivity index (χ3n) is 4.36. The van der Waals surface area contributed by atoms with Crippen LogP contribution >= 0.6 is 11.6 Å². The lowest BCUT2D eigenvalue weighted by atomic mass is 10.1. The van der Waals surface area contributed by atoms with Crippen molar-refractivity contribution in [3.8, 4) is 5.75 Å². The Labute approximate surface area is 175 Å². The van der Waals surface area contributed by atoms with Gasteiger partial charge in [0.2, 0.25) is 5.91 Å². The van der Waals surface area contributed by atoms with Gasteiger partial charge in [-0.3, -0.25) is 9.59 Å². The lowest BCUT2D eigenvalue weighted by Crippen LogP contribution is -2.50. The molecule has 0 heterocycles. The molecule has 0 bridgehead atoms. The lowest BCUT2D eigenvalue weighted by Gasteiger charge is -2.29. The van der Waals surface area contributed by atoms with Crippen molar-refractivity contribution in [2.24, 2.45) is 0 Å². The first-order chi connectivity index (χ1) is 13.7. The average Bonchev–Trinajstić information content (AvgIpc) is 2.67. The fraction of sp³-hybridized carbons (Fsp3) is 0.364. The molecule has 0 aliphatic rings. The first kappa shape index (κ1) is 22.7. The third kappa shape index (κ3) is 6.75. The molecule has 0 saturated heterocycles. The molecule has 0 aliphatic heterocycles. The topological polar surface area (TPSA) is 58.6 Å². The minimum atomic E-state index is -0.717. The van der Waals surface area contributed by atoms with Crippen molar-refractivity contribution < 1.29 is 18.7 Å². The van der Waals surface area contributed by atoms with E-state index in [0.717, 1.165) is 5.56 Å². The van der Waals surface area contributed by atoms with Gasteiger partial charge in [0.15, 0.2) is 6.61 Å². The number of ether oxygens (including phenoxy) is 1. The molecule has 29 heavy (non-hydrogen) atoms. The van der Waals surface area contributed by atoms with Gasteiger partial charge in [-0.1, -0.05) is 23.7 Å². The standard InChI is InChI=1S/C22H26ClFN2O3/c1-14(2)25-22(28)16(4)26(12-17-5-7-18(24)8-6-17)21(27)13-29-19-9-10-20(23)15(3)11-19/h5-11,14,16H,12-13H2,1-4H3,(H,25,28)/t16-/m0/s1. The zero-order valence-electron chi connectivity index (χ0n) is 17.0. The maximum absolute atomic E-state index is 13.2. The molecule has 0 radical (unpaired) electrons. The number of aryl methyl sites for hydroxylation is 1. The SMILES string of the molecule is Cc1cc(OCC(=O)N(Cc2ccc(F)cc2)[C@@H](C)C(=O)NC(C)C)ccc1Cl. The largest absolute Gasteiger partial charge is 0.484 e. The van der Waals surface area contributed by atoms with Gasteiger partial charge in [0.1, 0.15) is 17.6 Å². The van der Waals surface area contributed by atoms with Gasteiger partial charge in [-0.15, -0.1) is 0 Å². The van der Waals surface area contributed by atoms with Crippen molar-refractivity contribution in [3.05, 3.63) is 64.4 Å². The number of benzene rings is 2. The fourth-order valence-electron chi connectivity index (χ4n) is 2.71. The van der Waals surface area contributed by atoms with Crippen LogP contribution in [0.3, 0.4) is 0 Å². The van der Waals surface area contributed by atoms with E-state index in [4.69, 9.17) is 16.3 Å². The van der Waals surface area contributed by atoms with Crippen LogP contribution < -0.4 is 10.1 Å². The summed E-state index contributed by atoms with van der Waals surface area (Å²) in [5.74, 6) is -0.467. The maximum atomic E-state index is 13.2. The molecule has 156 valence electrons. The molecule has 0 aromatic heterocycles. The zero-order chi connectivity index (χ0) is 21.6. The number of carbonyl (C=O) groups is 2. The van der Waals surface area contributed by atoms with Crippen molar-refractivity contribution >= 4 is 23.4 Å². The average molecular weight is 421 g/mol. The number of hydrogen-bond acceptors (Lipinski definition) is 3. The highest BCUT2D eigenvalue weighted by molar-refractivity contribution is 6.31. The van der Waals surface area contributed by atoms with E-state index in [0.29, 0.717) is 16.3 Å². The van der Waals surface area contributed by atoms with Crippen LogP contribution in [0, 0.1) is 12.7 Å². The first-order valence-electron chi connectivity index (χ1n) is 9.40. The third-order valence-corrected chi connectivity index (χ3v) is 4.78. The number of hydrogen-bond donors (Lipinski definition) is 1. The molecule has 0 fully saturated rings. The van der Waals surface area contributed by atoms with Gasteiger partial charge in [0, 0.05) is 17.6 Å². The second-order valence-corrected chi connectivity index (χ2v) is 7.59. The predicted octanol–water partition coefficient (Wildman–Crippen LogP) is 4.11. The molecule has 1 atom stereocenters. The minimum absolute atomic E-state index is 0.0546. The molecule has 2 aromatic carbocycles. The van der Waals surface area contributed by atoms with E-state index < -0.39 is 6.04 Å². The summed E-state index contributed by atoms with van der Waals surface area (Å²) in [6, 6.07) is 10.2. The maximum Gasteiger partial charge on any atom is 0.261 e. The number of nitrogens with zero attached hydrogens (tertiary/aromatic N) is 1. The Bertz CT molecular complexity index is 856. The highest BCUT2D eigenvalue weighted by Gasteiger charge is 2.27. The minimum Gasteiger partial charge on any atom is -0.484 e. The fourth-order valence-corrected chi connectivity index (χ4v) is 2.83. The summed E-state index contributed by atoms with van der Waals surface area (Å²) in [5, 5.41) is 3.42. The Hall–Kier alpha value is -2.60. The van der Waals surface area contributed by atoms with Gasteiger partial charge in [-0.05, 0) is 69.2 Å². The van der Waals surface area contributed by atoms with Gasteiger partial charge in [0.25, 0.3) is 5.91 Å². The highest BCUT2D eigenvalue weighted by Crippen LogP contribution is 2.21. The molecule has 0 aliphatic carbocycles. The monoisotopic (exact) mass is 420 g/mol. The van der Waals surface area contributed by atoms with Crippen molar-refractivity contribution in [1.82, 2.24) is 10.2 Å². The summed E-state index contributed by atoms with van der Waals surface area (Å²) in [6.45, 7) is 7.13. The number of halogens is 2. The van der Waals surface area contributed by atoms with E-state index >= 15 is 0 Å². The van der Waals surface area contributed by atoms with E-state index in [1.807, 2.05) is 20.8 Å². The normalized spacial score (nSPS) is 11.8. The van der Waals surface area contributed by atoms with Gasteiger partial charge in [-0.25, -0.2) is 4.39 Å². The number of nitrogens with one attached hydrogen (secondary N) is 1. The molecule has 5 nitrogen and oxygen atoms in total. The molecule has 2 amide bonds. The van der Waals surface area contributed by atoms with Gasteiger partial charge >= 0.3 is 0 Å². The van der Waals surface area contributed by atoms with Crippen LogP contribution in [0.4, 0.5) is 4.39 Å². The predicted molar refractivity (Wildman–Crippen MR) is 111 cm³/mol. The first-order valence-corrected chi connectivity index (χ1v) is 9.78. The number of amides is 2. The molecule has 7 heteroatoms. The molecule has 0 unspecified atom stereocenters. The number of rotatable bonds is 8. The van der Waals surface area contributed by atoms with Crippen molar-refractivity contribution in [2.75, 3.05) is 6.61 Å². The summed E-state index contributed by atoms with van der Waals surface area (Å²) in [6.07, 6.45) is 0. The van der Waals surface area contributed by atoms with Crippen LogP contribution in [0.15, 0.2) is 42.5 Å². The van der Waals surface area contributed by atoms with Gasteiger partial charge in [0.05, 0.1) is 0 Å². The summed E-state index contributed by atoms with van der Waals surface area (Å²) >= 11 is 6.01. The summed E-state index contributed by atoms with van der Waals surface area (Å²) in [5.41, 5.74) is 1.55. The van der Waals surface area contributed by atoms with Crippen LogP contribution in [0.5, 0.6) is 5.75 Å². The zero-order valence-corrected chi connectivity index (χ0v) is 17.8. The van der Waals surface area contributed by atoms with Crippen LogP contribution in [0.25, 0.3) is 0 Å². The molecule has 0 spiro atoms. The second-order valence-electron chi connectivity index (χ2n) is 7.19. The molecule has 0 saturated carbocycles. The van der Waals surface area contributed by atoms with E-state index in [1.54, 1.807) is 37.3 Å². The highest BCUT2D eigenvalue weighted by atomic mass is 35.5. The molecule has 1 N–H and O–H groups in total. The Morgan fingerprint density at radius 1 is 1.14 bits per heavy atom. The lowest BCUT2D eigenvalue weighted by molar-refractivity contribution is -0.142. The molecular weight excluding hydrogens is 395 g/mol. The van der Waals surface area contributed by atoms with E-state index in [9.17, 15) is 14.0 Å². The van der Waals surface area contributed by atoms with Crippen molar-refractivity contribution in [1.29, 1.82) is 0 Å². The van der Waals surface area contributed by atoms with Crippen LogP contribution in [-0.4, -0.2) is 35.4 Å². The molecule has 2 rings (SSSR count). The Morgan fingerprint density at radius 2 is 1.79 bits per heavy atom. The summed E-state index contributed by atoms with van der Waals surface area (Å²) in [4.78, 5) is 26.8. The molecule has 2 aromatic rings.